The van der Waals surface area contributed by atoms with Gasteiger partial charge in [0.25, 0.3) is 0 Å². The summed E-state index contributed by atoms with van der Waals surface area (Å²) in [6.45, 7) is 0.172. The second-order valence-corrected chi connectivity index (χ2v) is 6.52. The van der Waals surface area contributed by atoms with Gasteiger partial charge < -0.3 is 19.4 Å². The summed E-state index contributed by atoms with van der Waals surface area (Å²) in [6, 6.07) is 10.8. The predicted octanol–water partition coefficient (Wildman–Crippen LogP) is 3.15. The van der Waals surface area contributed by atoms with Gasteiger partial charge in [0.1, 0.15) is 5.69 Å². The molecule has 2 aromatic rings. The van der Waals surface area contributed by atoms with Crippen LogP contribution >= 0.6 is 11.6 Å². The van der Waals surface area contributed by atoms with E-state index in [4.69, 9.17) is 16.3 Å². The van der Waals surface area contributed by atoms with Gasteiger partial charge in [-0.05, 0) is 29.8 Å². The van der Waals surface area contributed by atoms with Crippen LogP contribution in [-0.4, -0.2) is 31.5 Å². The minimum Gasteiger partial charge on any atom is -0.486 e. The summed E-state index contributed by atoms with van der Waals surface area (Å²) in [4.78, 5) is 15.3. The summed E-state index contributed by atoms with van der Waals surface area (Å²) in [5, 5.41) is 17.1. The van der Waals surface area contributed by atoms with Crippen LogP contribution in [0.3, 0.4) is 0 Å². The summed E-state index contributed by atoms with van der Waals surface area (Å²) in [6.07, 6.45) is 4.85. The number of aliphatic hydroxyl groups excluding tert-OH is 1. The van der Waals surface area contributed by atoms with E-state index in [1.54, 1.807) is 30.5 Å². The Labute approximate surface area is 159 Å². The van der Waals surface area contributed by atoms with E-state index in [9.17, 15) is 9.90 Å². The van der Waals surface area contributed by atoms with Crippen LogP contribution in [0.15, 0.2) is 59.8 Å². The number of H-pyrrole nitrogens is 2. The molecule has 2 aliphatic rings. The lowest BCUT2D eigenvalue weighted by Crippen LogP contribution is -2.19. The Morgan fingerprint density at radius 2 is 2.07 bits per heavy atom. The number of hydrogen-bond acceptors (Lipinski definition) is 4. The number of benzene rings is 1. The number of rotatable bonds is 6. The Bertz CT molecular complexity index is 1070. The molecule has 138 valence electrons. The van der Waals surface area contributed by atoms with Crippen LogP contribution in [0.2, 0.25) is 5.02 Å². The average molecular weight is 385 g/mol. The smallest absolute Gasteiger partial charge is 0.308 e. The molecule has 3 N–H and O–H groups in total. The molecule has 0 radical (unpaired) electrons. The van der Waals surface area contributed by atoms with Gasteiger partial charge in [0, 0.05) is 23.8 Å². The maximum atomic E-state index is 12.2. The number of aromatic amines is 2. The van der Waals surface area contributed by atoms with Gasteiger partial charge >= 0.3 is 5.56 Å². The highest BCUT2D eigenvalue weighted by Crippen LogP contribution is 2.30. The third-order valence-electron chi connectivity index (χ3n) is 4.33. The number of pyridine rings is 1. The molecule has 7 nitrogen and oxygen atoms in total. The number of halogens is 1. The zero-order valence-corrected chi connectivity index (χ0v) is 15.0. The van der Waals surface area contributed by atoms with Gasteiger partial charge in [-0.2, -0.15) is 5.10 Å². The second-order valence-electron chi connectivity index (χ2n) is 6.09. The van der Waals surface area contributed by atoms with E-state index in [2.05, 4.69) is 15.2 Å². The highest BCUT2D eigenvalue weighted by atomic mass is 35.5. The number of hydrogen-bond donors (Lipinski definition) is 3. The van der Waals surface area contributed by atoms with Crippen LogP contribution in [0.1, 0.15) is 18.1 Å². The molecule has 3 heterocycles. The van der Waals surface area contributed by atoms with Gasteiger partial charge in [-0.1, -0.05) is 23.7 Å². The van der Waals surface area contributed by atoms with Gasteiger partial charge in [-0.3, -0.25) is 4.79 Å². The summed E-state index contributed by atoms with van der Waals surface area (Å²) >= 11 is 5.86. The number of fused-ring (bicyclic) bond motifs is 1. The van der Waals surface area contributed by atoms with Crippen LogP contribution in [0.5, 0.6) is 5.75 Å². The van der Waals surface area contributed by atoms with Crippen LogP contribution in [-0.2, 0) is 0 Å². The number of aliphatic hydroxyl groups is 1. The highest BCUT2D eigenvalue weighted by Gasteiger charge is 2.19. The van der Waals surface area contributed by atoms with E-state index in [1.807, 2.05) is 29.1 Å². The summed E-state index contributed by atoms with van der Waals surface area (Å²) in [7, 11) is 0. The largest absolute Gasteiger partial charge is 0.486 e. The van der Waals surface area contributed by atoms with Gasteiger partial charge in [0.15, 0.2) is 0 Å². The first-order chi connectivity index (χ1) is 13.1. The molecule has 0 spiro atoms. The molecule has 0 bridgehead atoms. The van der Waals surface area contributed by atoms with Crippen LogP contribution in [0, 0.1) is 0 Å². The maximum Gasteiger partial charge on any atom is 0.308 e. The molecule has 2 aliphatic heterocycles. The monoisotopic (exact) mass is 384 g/mol. The number of ether oxygens (including phenoxy) is 1. The molecule has 8 heteroatoms. The summed E-state index contributed by atoms with van der Waals surface area (Å²) in [5.74, 6) is 0.166. The normalized spacial score (nSPS) is 12.4. The molecule has 0 fully saturated rings. The van der Waals surface area contributed by atoms with Crippen LogP contribution in [0.4, 0.5) is 0 Å². The maximum absolute atomic E-state index is 12.2. The van der Waals surface area contributed by atoms with Gasteiger partial charge in [-0.15, -0.1) is 0 Å². The molecular formula is C19H17ClN4O3. The Morgan fingerprint density at radius 3 is 2.85 bits per heavy atom. The third kappa shape index (κ3) is 3.47. The molecule has 0 saturated heterocycles. The van der Waals surface area contributed by atoms with E-state index in [0.29, 0.717) is 17.1 Å². The lowest BCUT2D eigenvalue weighted by Gasteiger charge is -2.22. The highest BCUT2D eigenvalue weighted by molar-refractivity contribution is 6.30. The fourth-order valence-electron chi connectivity index (χ4n) is 2.90. The van der Waals surface area contributed by atoms with Gasteiger partial charge in [0.05, 0.1) is 30.3 Å². The Kier molecular flexibility index (Phi) is 4.70. The number of nitrogens with zero attached hydrogens (tertiary/aromatic N) is 2. The van der Waals surface area contributed by atoms with Crippen molar-refractivity contribution in [3.05, 3.63) is 75.9 Å². The van der Waals surface area contributed by atoms with E-state index in [0.717, 1.165) is 17.0 Å². The zero-order valence-electron chi connectivity index (χ0n) is 14.2. The number of aromatic nitrogens is 4. The van der Waals surface area contributed by atoms with Crippen molar-refractivity contribution in [3.8, 4) is 22.8 Å². The molecule has 4 rings (SSSR count). The first kappa shape index (κ1) is 17.4. The minimum atomic E-state index is -0.711. The van der Waals surface area contributed by atoms with Crippen molar-refractivity contribution < 1.29 is 9.84 Å². The van der Waals surface area contributed by atoms with E-state index < -0.39 is 11.7 Å². The first-order valence-electron chi connectivity index (χ1n) is 8.42. The van der Waals surface area contributed by atoms with Crippen molar-refractivity contribution in [2.75, 3.05) is 6.61 Å². The van der Waals surface area contributed by atoms with Gasteiger partial charge in [-0.25, -0.2) is 5.10 Å². The Hall–Kier alpha value is -3.03. The fourth-order valence-corrected chi connectivity index (χ4v) is 3.03. The standard InChI is InChI=1S/C19H17ClN4O3/c20-13-5-3-12(4-6-13)17(25)7-9-27-18-16(10-22-23-19(18)26)24-11-14-15(24)2-1-8-21-14/h1-6,8,10-11,17,21,25H,7,9H2,(H,23,26). The van der Waals surface area contributed by atoms with Crippen molar-refractivity contribution in [2.24, 2.45) is 0 Å². The van der Waals surface area contributed by atoms with E-state index in [-0.39, 0.29) is 12.4 Å². The average Bonchev–Trinajstić information content (AvgIpc) is 2.65. The Morgan fingerprint density at radius 1 is 1.26 bits per heavy atom. The lowest BCUT2D eigenvalue weighted by atomic mass is 10.1. The van der Waals surface area contributed by atoms with Crippen molar-refractivity contribution in [3.63, 3.8) is 0 Å². The van der Waals surface area contributed by atoms with Crippen molar-refractivity contribution in [2.45, 2.75) is 12.5 Å². The molecule has 27 heavy (non-hydrogen) atoms. The molecule has 0 aliphatic carbocycles. The molecule has 1 unspecified atom stereocenters. The van der Waals surface area contributed by atoms with E-state index >= 15 is 0 Å². The predicted molar refractivity (Wildman–Crippen MR) is 102 cm³/mol. The van der Waals surface area contributed by atoms with E-state index in [1.165, 1.54) is 0 Å². The molecule has 1 aromatic heterocycles. The quantitative estimate of drug-likeness (QED) is 0.476. The Balaban J connectivity index is 1.51. The molecule has 1 atom stereocenters. The van der Waals surface area contributed by atoms with Crippen molar-refractivity contribution >= 4 is 11.6 Å². The first-order valence-corrected chi connectivity index (χ1v) is 8.80. The minimum absolute atomic E-state index is 0.166. The molecule has 0 saturated carbocycles. The lowest BCUT2D eigenvalue weighted by molar-refractivity contribution is 0.140. The summed E-state index contributed by atoms with van der Waals surface area (Å²) < 4.78 is 7.55. The molecular weight excluding hydrogens is 368 g/mol. The zero-order chi connectivity index (χ0) is 18.8. The SMILES string of the molecule is O=c1[nH]ncc(-n2cc3[nH]cccc2-3)c1OCCC(O)c1ccc(Cl)cc1. The third-order valence-corrected chi connectivity index (χ3v) is 4.58. The number of nitrogens with one attached hydrogen (secondary N) is 2. The van der Waals surface area contributed by atoms with Crippen LogP contribution < -0.4 is 10.3 Å². The van der Waals surface area contributed by atoms with Crippen LogP contribution in [0.25, 0.3) is 17.1 Å². The molecule has 0 amide bonds. The molecule has 1 aromatic carbocycles. The van der Waals surface area contributed by atoms with Crippen molar-refractivity contribution in [1.82, 2.24) is 19.7 Å². The fraction of sp³-hybridized carbons (Fsp3) is 0.158. The summed E-state index contributed by atoms with van der Waals surface area (Å²) in [5.41, 5.74) is 2.76. The van der Waals surface area contributed by atoms with Crippen molar-refractivity contribution in [1.29, 1.82) is 0 Å². The topological polar surface area (TPSA) is 95.9 Å². The van der Waals surface area contributed by atoms with Gasteiger partial charge in [0.2, 0.25) is 5.75 Å². The second kappa shape index (κ2) is 7.30.